The lowest BCUT2D eigenvalue weighted by Crippen LogP contribution is -2.54. The van der Waals surface area contributed by atoms with Crippen LogP contribution in [-0.2, 0) is 16.1 Å². The highest BCUT2D eigenvalue weighted by molar-refractivity contribution is 6.24. The van der Waals surface area contributed by atoms with E-state index in [1.54, 1.807) is 29.2 Å². The van der Waals surface area contributed by atoms with E-state index < -0.39 is 29.7 Å². The van der Waals surface area contributed by atoms with Gasteiger partial charge in [0.15, 0.2) is 5.82 Å². The number of amides is 4. The maximum absolute atomic E-state index is 13.2. The number of piperidine rings is 2. The highest BCUT2D eigenvalue weighted by atomic mass is 16.2. The summed E-state index contributed by atoms with van der Waals surface area (Å²) in [4.78, 5) is 52.5. The Labute approximate surface area is 183 Å². The Hall–Kier alpha value is -3.60. The standard InChI is InChI=1S/C21H23N7O4/c29-17-5-4-15(19(30)25-17)27-20(31)14-3-1-2-12(18(14)21(27)32)10-23-16-11-24-28(26-16)13-6-8-22-9-7-13/h1-3,11,13,15,22H,4-10H2,(H,23,26)(H,25,29,30). The van der Waals surface area contributed by atoms with Crippen molar-refractivity contribution >= 4 is 29.4 Å². The molecule has 1 aromatic heterocycles. The van der Waals surface area contributed by atoms with Gasteiger partial charge in [-0.25, -0.2) is 0 Å². The topological polar surface area (TPSA) is 138 Å². The minimum absolute atomic E-state index is 0.0882. The number of anilines is 1. The Morgan fingerprint density at radius 2 is 1.88 bits per heavy atom. The van der Waals surface area contributed by atoms with Crippen LogP contribution in [0.3, 0.4) is 0 Å². The van der Waals surface area contributed by atoms with Crippen LogP contribution < -0.4 is 16.0 Å². The van der Waals surface area contributed by atoms with Gasteiger partial charge in [-0.3, -0.25) is 29.4 Å². The average molecular weight is 437 g/mol. The maximum atomic E-state index is 13.2. The van der Waals surface area contributed by atoms with E-state index >= 15 is 0 Å². The van der Waals surface area contributed by atoms with Gasteiger partial charge in [0.1, 0.15) is 6.04 Å². The van der Waals surface area contributed by atoms with Crippen molar-refractivity contribution in [2.75, 3.05) is 18.4 Å². The number of fused-ring (bicyclic) bond motifs is 1. The van der Waals surface area contributed by atoms with E-state index in [2.05, 4.69) is 26.1 Å². The van der Waals surface area contributed by atoms with Crippen molar-refractivity contribution in [2.45, 2.75) is 44.3 Å². The summed E-state index contributed by atoms with van der Waals surface area (Å²) in [5.41, 5.74) is 1.17. The summed E-state index contributed by atoms with van der Waals surface area (Å²) >= 11 is 0. The number of nitrogens with one attached hydrogen (secondary N) is 3. The van der Waals surface area contributed by atoms with Crippen molar-refractivity contribution in [1.82, 2.24) is 30.5 Å². The molecule has 0 bridgehead atoms. The number of rotatable bonds is 5. The van der Waals surface area contributed by atoms with Crippen LogP contribution in [0, 0.1) is 0 Å². The number of carbonyl (C=O) groups is 4. The molecule has 1 aromatic carbocycles. The van der Waals surface area contributed by atoms with Gasteiger partial charge in [0.2, 0.25) is 11.8 Å². The molecule has 0 saturated carbocycles. The number of nitrogens with zero attached hydrogens (tertiary/aromatic N) is 4. The molecule has 2 aromatic rings. The Morgan fingerprint density at radius 3 is 2.66 bits per heavy atom. The smallest absolute Gasteiger partial charge is 0.262 e. The molecule has 4 amide bonds. The fraction of sp³-hybridized carbons (Fsp3) is 0.429. The van der Waals surface area contributed by atoms with Crippen LogP contribution in [0.25, 0.3) is 0 Å². The molecule has 4 heterocycles. The normalized spacial score (nSPS) is 21.6. The molecule has 1 atom stereocenters. The third-order valence-electron chi connectivity index (χ3n) is 6.16. The van der Waals surface area contributed by atoms with Crippen molar-refractivity contribution in [2.24, 2.45) is 0 Å². The molecule has 1 unspecified atom stereocenters. The predicted octanol–water partition coefficient (Wildman–Crippen LogP) is 0.216. The first-order valence-electron chi connectivity index (χ1n) is 10.7. The second-order valence-electron chi connectivity index (χ2n) is 8.17. The number of hydrogen-bond donors (Lipinski definition) is 3. The number of carbonyl (C=O) groups excluding carboxylic acids is 4. The number of benzene rings is 1. The van der Waals surface area contributed by atoms with E-state index in [1.807, 2.05) is 0 Å². The molecule has 0 spiro atoms. The van der Waals surface area contributed by atoms with Crippen LogP contribution in [-0.4, -0.2) is 62.7 Å². The van der Waals surface area contributed by atoms with E-state index in [4.69, 9.17) is 0 Å². The highest BCUT2D eigenvalue weighted by Gasteiger charge is 2.45. The van der Waals surface area contributed by atoms with Crippen molar-refractivity contribution < 1.29 is 19.2 Å². The minimum Gasteiger partial charge on any atom is -0.363 e. The van der Waals surface area contributed by atoms with Gasteiger partial charge in [0.25, 0.3) is 11.8 Å². The Bertz CT molecular complexity index is 1110. The van der Waals surface area contributed by atoms with Gasteiger partial charge < -0.3 is 10.6 Å². The molecule has 3 N–H and O–H groups in total. The summed E-state index contributed by atoms with van der Waals surface area (Å²) < 4.78 is 0. The molecule has 11 nitrogen and oxygen atoms in total. The fourth-order valence-corrected chi connectivity index (χ4v) is 4.49. The molecule has 2 fully saturated rings. The quantitative estimate of drug-likeness (QED) is 0.565. The minimum atomic E-state index is -0.981. The summed E-state index contributed by atoms with van der Waals surface area (Å²) in [6.45, 7) is 2.15. The largest absolute Gasteiger partial charge is 0.363 e. The molecule has 0 aliphatic carbocycles. The first-order chi connectivity index (χ1) is 15.5. The van der Waals surface area contributed by atoms with Gasteiger partial charge in [-0.15, -0.1) is 5.10 Å². The van der Waals surface area contributed by atoms with Crippen LogP contribution >= 0.6 is 0 Å². The Kier molecular flexibility index (Phi) is 5.17. The van der Waals surface area contributed by atoms with Crippen molar-refractivity contribution in [1.29, 1.82) is 0 Å². The van der Waals surface area contributed by atoms with E-state index in [1.165, 1.54) is 0 Å². The highest BCUT2D eigenvalue weighted by Crippen LogP contribution is 2.30. The molecule has 2 saturated heterocycles. The lowest BCUT2D eigenvalue weighted by molar-refractivity contribution is -0.136. The second-order valence-corrected chi connectivity index (χ2v) is 8.17. The van der Waals surface area contributed by atoms with Crippen LogP contribution in [0.2, 0.25) is 0 Å². The van der Waals surface area contributed by atoms with Gasteiger partial charge >= 0.3 is 0 Å². The average Bonchev–Trinajstić information content (AvgIpc) is 3.37. The molecule has 11 heteroatoms. The summed E-state index contributed by atoms with van der Waals surface area (Å²) in [6, 6.07) is 4.33. The molecule has 5 rings (SSSR count). The van der Waals surface area contributed by atoms with E-state index in [9.17, 15) is 19.2 Å². The number of imide groups is 2. The molecule has 166 valence electrons. The molecular formula is C21H23N7O4. The Balaban J connectivity index is 1.33. The second kappa shape index (κ2) is 8.15. The zero-order valence-corrected chi connectivity index (χ0v) is 17.3. The molecule has 32 heavy (non-hydrogen) atoms. The monoisotopic (exact) mass is 437 g/mol. The van der Waals surface area contributed by atoms with Gasteiger partial charge in [-0.2, -0.15) is 9.90 Å². The van der Waals surface area contributed by atoms with Crippen LogP contribution in [0.15, 0.2) is 24.4 Å². The Morgan fingerprint density at radius 1 is 1.06 bits per heavy atom. The first-order valence-corrected chi connectivity index (χ1v) is 10.7. The van der Waals surface area contributed by atoms with Crippen LogP contribution in [0.4, 0.5) is 5.82 Å². The van der Waals surface area contributed by atoms with Gasteiger partial charge in [-0.05, 0) is 44.0 Å². The van der Waals surface area contributed by atoms with Crippen LogP contribution in [0.1, 0.15) is 58.0 Å². The van der Waals surface area contributed by atoms with E-state index in [0.29, 0.717) is 11.4 Å². The summed E-state index contributed by atoms with van der Waals surface area (Å²) in [5.74, 6) is -1.47. The first kappa shape index (κ1) is 20.3. The van der Waals surface area contributed by atoms with Crippen molar-refractivity contribution in [3.8, 4) is 0 Å². The van der Waals surface area contributed by atoms with Crippen molar-refractivity contribution in [3.63, 3.8) is 0 Å². The summed E-state index contributed by atoms with van der Waals surface area (Å²) in [7, 11) is 0. The van der Waals surface area contributed by atoms with E-state index in [0.717, 1.165) is 30.8 Å². The van der Waals surface area contributed by atoms with Crippen molar-refractivity contribution in [3.05, 3.63) is 41.1 Å². The molecular weight excluding hydrogens is 414 g/mol. The SMILES string of the molecule is O=C1CCC(N2C(=O)c3cccc(CNc4cnn(C5CCNCC5)n4)c3C2=O)C(=O)N1. The van der Waals surface area contributed by atoms with Gasteiger partial charge in [-0.1, -0.05) is 12.1 Å². The third kappa shape index (κ3) is 3.54. The zero-order valence-electron chi connectivity index (χ0n) is 17.3. The molecule has 3 aliphatic heterocycles. The summed E-state index contributed by atoms with van der Waals surface area (Å²) in [5, 5.41) is 17.6. The lowest BCUT2D eigenvalue weighted by Gasteiger charge is -2.27. The van der Waals surface area contributed by atoms with E-state index in [-0.39, 0.29) is 36.6 Å². The van der Waals surface area contributed by atoms with Gasteiger partial charge in [0.05, 0.1) is 23.4 Å². The number of hydrogen-bond acceptors (Lipinski definition) is 8. The van der Waals surface area contributed by atoms with Gasteiger partial charge in [0, 0.05) is 13.0 Å². The number of aromatic nitrogens is 3. The third-order valence-corrected chi connectivity index (χ3v) is 6.16. The summed E-state index contributed by atoms with van der Waals surface area (Å²) in [6.07, 6.45) is 3.79. The zero-order chi connectivity index (χ0) is 22.2. The molecule has 0 radical (unpaired) electrons. The fourth-order valence-electron chi connectivity index (χ4n) is 4.49. The predicted molar refractivity (Wildman–Crippen MR) is 112 cm³/mol. The lowest BCUT2D eigenvalue weighted by atomic mass is 10.0. The van der Waals surface area contributed by atoms with Crippen LogP contribution in [0.5, 0.6) is 0 Å². The molecule has 3 aliphatic rings. The maximum Gasteiger partial charge on any atom is 0.262 e.